The topological polar surface area (TPSA) is 58.5 Å². The third kappa shape index (κ3) is 3.16. The van der Waals surface area contributed by atoms with Crippen LogP contribution in [-0.4, -0.2) is 41.3 Å². The van der Waals surface area contributed by atoms with E-state index < -0.39 is 0 Å². The highest BCUT2D eigenvalue weighted by Gasteiger charge is 2.20. The number of aromatic nitrogens is 2. The smallest absolute Gasteiger partial charge is 0.283 e. The van der Waals surface area contributed by atoms with Crippen molar-refractivity contribution in [3.63, 3.8) is 0 Å². The van der Waals surface area contributed by atoms with Gasteiger partial charge in [-0.15, -0.1) is 10.2 Å². The maximum atomic E-state index is 13.0. The number of piperazine rings is 1. The van der Waals surface area contributed by atoms with Gasteiger partial charge < -0.3 is 13.7 Å². The minimum absolute atomic E-state index is 0.207. The monoisotopic (exact) mass is 328 g/mol. The predicted molar refractivity (Wildman–Crippen MR) is 85.9 cm³/mol. The van der Waals surface area contributed by atoms with Crippen molar-refractivity contribution in [2.24, 2.45) is 0 Å². The van der Waals surface area contributed by atoms with Gasteiger partial charge in [0.05, 0.1) is 12.8 Å². The molecule has 7 heteroatoms. The lowest BCUT2D eigenvalue weighted by Gasteiger charge is -2.35. The molecule has 1 saturated heterocycles. The summed E-state index contributed by atoms with van der Waals surface area (Å²) in [4.78, 5) is 4.51. The van der Waals surface area contributed by atoms with E-state index in [4.69, 9.17) is 8.83 Å². The minimum atomic E-state index is -0.207. The molecule has 0 spiro atoms. The van der Waals surface area contributed by atoms with Gasteiger partial charge in [0, 0.05) is 31.9 Å². The molecule has 0 atom stereocenters. The van der Waals surface area contributed by atoms with Gasteiger partial charge in [0.15, 0.2) is 5.76 Å². The number of hydrogen-bond donors (Lipinski definition) is 0. The maximum absolute atomic E-state index is 13.0. The molecule has 1 aromatic carbocycles. The first kappa shape index (κ1) is 14.9. The van der Waals surface area contributed by atoms with Gasteiger partial charge in [-0.1, -0.05) is 0 Å². The highest BCUT2D eigenvalue weighted by atomic mass is 19.1. The molecule has 0 N–H and O–H groups in total. The Morgan fingerprint density at radius 3 is 2.50 bits per heavy atom. The fourth-order valence-electron chi connectivity index (χ4n) is 2.82. The lowest BCUT2D eigenvalue weighted by Crippen LogP contribution is -2.46. The zero-order valence-electron chi connectivity index (χ0n) is 13.1. The molecular weight excluding hydrogens is 311 g/mol. The van der Waals surface area contributed by atoms with E-state index in [0.29, 0.717) is 24.1 Å². The Morgan fingerprint density at radius 1 is 1.00 bits per heavy atom. The number of nitrogens with zero attached hydrogens (tertiary/aromatic N) is 4. The van der Waals surface area contributed by atoms with Gasteiger partial charge in [0.1, 0.15) is 5.82 Å². The van der Waals surface area contributed by atoms with Gasteiger partial charge in [0.25, 0.3) is 5.89 Å². The second-order valence-corrected chi connectivity index (χ2v) is 5.72. The Balaban J connectivity index is 1.34. The fraction of sp³-hybridized carbons (Fsp3) is 0.294. The summed E-state index contributed by atoms with van der Waals surface area (Å²) in [6.07, 6.45) is 1.58. The predicted octanol–water partition coefficient (Wildman–Crippen LogP) is 2.79. The van der Waals surface area contributed by atoms with Gasteiger partial charge in [-0.25, -0.2) is 4.39 Å². The number of anilines is 1. The first-order chi connectivity index (χ1) is 11.8. The Morgan fingerprint density at radius 2 is 1.79 bits per heavy atom. The van der Waals surface area contributed by atoms with E-state index in [9.17, 15) is 4.39 Å². The molecule has 3 aromatic rings. The highest BCUT2D eigenvalue weighted by molar-refractivity contribution is 5.46. The van der Waals surface area contributed by atoms with Crippen LogP contribution in [0.2, 0.25) is 0 Å². The highest BCUT2D eigenvalue weighted by Crippen LogP contribution is 2.20. The van der Waals surface area contributed by atoms with Crippen molar-refractivity contribution < 1.29 is 13.2 Å². The molecule has 0 bridgehead atoms. The van der Waals surface area contributed by atoms with Crippen LogP contribution in [0, 0.1) is 5.82 Å². The number of benzene rings is 1. The normalized spacial score (nSPS) is 15.8. The molecule has 0 unspecified atom stereocenters. The van der Waals surface area contributed by atoms with E-state index in [-0.39, 0.29) is 5.82 Å². The van der Waals surface area contributed by atoms with Crippen LogP contribution in [0.1, 0.15) is 5.89 Å². The number of rotatable bonds is 4. The minimum Gasteiger partial charge on any atom is -0.459 e. The Hall–Kier alpha value is -2.67. The van der Waals surface area contributed by atoms with Crippen LogP contribution in [-0.2, 0) is 6.54 Å². The van der Waals surface area contributed by atoms with E-state index in [1.807, 2.05) is 12.1 Å². The number of hydrogen-bond acceptors (Lipinski definition) is 6. The van der Waals surface area contributed by atoms with Crippen LogP contribution in [0.4, 0.5) is 10.1 Å². The van der Waals surface area contributed by atoms with Crippen LogP contribution < -0.4 is 4.90 Å². The Labute approximate surface area is 138 Å². The third-order valence-corrected chi connectivity index (χ3v) is 4.12. The zero-order chi connectivity index (χ0) is 16.4. The standard InChI is InChI=1S/C17H17FN4O2/c18-13-3-5-14(6-4-13)22-9-7-21(8-10-22)12-16-19-20-17(24-16)15-2-1-11-23-15/h1-6,11H,7-10,12H2. The summed E-state index contributed by atoms with van der Waals surface area (Å²) in [6.45, 7) is 4.15. The Bertz CT molecular complexity index is 777. The molecule has 6 nitrogen and oxygen atoms in total. The molecule has 0 aliphatic carbocycles. The summed E-state index contributed by atoms with van der Waals surface area (Å²) in [5.41, 5.74) is 1.05. The van der Waals surface area contributed by atoms with Crippen LogP contribution in [0.3, 0.4) is 0 Å². The van der Waals surface area contributed by atoms with Crippen LogP contribution in [0.15, 0.2) is 51.5 Å². The third-order valence-electron chi connectivity index (χ3n) is 4.12. The number of furan rings is 1. The number of halogens is 1. The molecule has 1 aliphatic heterocycles. The molecule has 24 heavy (non-hydrogen) atoms. The summed E-state index contributed by atoms with van der Waals surface area (Å²) < 4.78 is 23.9. The molecular formula is C17H17FN4O2. The van der Waals surface area contributed by atoms with Gasteiger partial charge in [-0.3, -0.25) is 4.90 Å². The first-order valence-corrected chi connectivity index (χ1v) is 7.87. The average molecular weight is 328 g/mol. The molecule has 3 heterocycles. The molecule has 1 fully saturated rings. The van der Waals surface area contributed by atoms with Crippen molar-refractivity contribution in [1.29, 1.82) is 0 Å². The van der Waals surface area contributed by atoms with E-state index in [2.05, 4.69) is 20.0 Å². The molecule has 0 saturated carbocycles. The van der Waals surface area contributed by atoms with Gasteiger partial charge in [0.2, 0.25) is 5.89 Å². The molecule has 2 aromatic heterocycles. The van der Waals surface area contributed by atoms with Crippen molar-refractivity contribution in [2.45, 2.75) is 6.54 Å². The van der Waals surface area contributed by atoms with Gasteiger partial charge in [-0.05, 0) is 36.4 Å². The summed E-state index contributed by atoms with van der Waals surface area (Å²) in [5.74, 6) is 1.35. The van der Waals surface area contributed by atoms with E-state index in [0.717, 1.165) is 31.9 Å². The largest absolute Gasteiger partial charge is 0.459 e. The molecule has 4 rings (SSSR count). The summed E-state index contributed by atoms with van der Waals surface area (Å²) in [6, 6.07) is 10.2. The second kappa shape index (κ2) is 6.45. The van der Waals surface area contributed by atoms with Crippen molar-refractivity contribution in [3.8, 4) is 11.7 Å². The molecule has 124 valence electrons. The van der Waals surface area contributed by atoms with Crippen LogP contribution in [0.25, 0.3) is 11.7 Å². The fourth-order valence-corrected chi connectivity index (χ4v) is 2.82. The summed E-state index contributed by atoms with van der Waals surface area (Å²) in [7, 11) is 0. The van der Waals surface area contributed by atoms with Gasteiger partial charge >= 0.3 is 0 Å². The van der Waals surface area contributed by atoms with E-state index in [1.165, 1.54) is 12.1 Å². The zero-order valence-corrected chi connectivity index (χ0v) is 13.1. The molecule has 1 aliphatic rings. The lowest BCUT2D eigenvalue weighted by molar-refractivity contribution is 0.226. The van der Waals surface area contributed by atoms with Crippen molar-refractivity contribution in [3.05, 3.63) is 54.4 Å². The molecule has 0 radical (unpaired) electrons. The van der Waals surface area contributed by atoms with Crippen LogP contribution >= 0.6 is 0 Å². The SMILES string of the molecule is Fc1ccc(N2CCN(Cc3nnc(-c4ccco4)o3)CC2)cc1. The summed E-state index contributed by atoms with van der Waals surface area (Å²) >= 11 is 0. The lowest BCUT2D eigenvalue weighted by atomic mass is 10.2. The molecule has 0 amide bonds. The summed E-state index contributed by atoms with van der Waals surface area (Å²) in [5, 5.41) is 8.09. The van der Waals surface area contributed by atoms with Gasteiger partial charge in [-0.2, -0.15) is 0 Å². The quantitative estimate of drug-likeness (QED) is 0.734. The first-order valence-electron chi connectivity index (χ1n) is 7.87. The van der Waals surface area contributed by atoms with Crippen molar-refractivity contribution in [2.75, 3.05) is 31.1 Å². The van der Waals surface area contributed by atoms with Crippen molar-refractivity contribution in [1.82, 2.24) is 15.1 Å². The van der Waals surface area contributed by atoms with E-state index in [1.54, 1.807) is 18.4 Å². The second-order valence-electron chi connectivity index (χ2n) is 5.72. The Kier molecular flexibility index (Phi) is 4.00. The van der Waals surface area contributed by atoms with Crippen molar-refractivity contribution >= 4 is 5.69 Å². The maximum Gasteiger partial charge on any atom is 0.283 e. The average Bonchev–Trinajstić information content (AvgIpc) is 3.28. The van der Waals surface area contributed by atoms with E-state index >= 15 is 0 Å². The van der Waals surface area contributed by atoms with Crippen LogP contribution in [0.5, 0.6) is 0 Å².